The van der Waals surface area contributed by atoms with E-state index in [9.17, 15) is 18.0 Å². The fourth-order valence-electron chi connectivity index (χ4n) is 5.81. The van der Waals surface area contributed by atoms with Crippen LogP contribution in [-0.2, 0) is 19.7 Å². The lowest BCUT2D eigenvalue weighted by molar-refractivity contribution is -0.119. The van der Waals surface area contributed by atoms with Crippen LogP contribution in [0.3, 0.4) is 0 Å². The zero-order valence-corrected chi connectivity index (χ0v) is 25.0. The van der Waals surface area contributed by atoms with Crippen molar-refractivity contribution < 1.29 is 22.2 Å². The van der Waals surface area contributed by atoms with E-state index in [2.05, 4.69) is 5.32 Å². The number of dihydropyridines is 1. The highest BCUT2D eigenvalue weighted by Gasteiger charge is 2.46. The van der Waals surface area contributed by atoms with Crippen molar-refractivity contribution in [2.45, 2.75) is 64.2 Å². The van der Waals surface area contributed by atoms with Gasteiger partial charge in [0.25, 0.3) is 0 Å². The third kappa shape index (κ3) is 5.39. The highest BCUT2D eigenvalue weighted by atomic mass is 35.5. The molecule has 0 saturated carbocycles. The van der Waals surface area contributed by atoms with Crippen LogP contribution in [0.15, 0.2) is 63.8 Å². The van der Waals surface area contributed by atoms with Gasteiger partial charge in [-0.3, -0.25) is 9.59 Å². The van der Waals surface area contributed by atoms with E-state index < -0.39 is 16.0 Å². The van der Waals surface area contributed by atoms with Crippen molar-refractivity contribution >= 4 is 56.5 Å². The minimum Gasteiger partial charge on any atom is -0.376 e. The Kier molecular flexibility index (Phi) is 6.98. The normalized spacial score (nSPS) is 20.9. The number of Topliss-reactive ketones (excluding diaryl/α,β-unsaturated/α-hetero) is 2. The number of carbonyl (C=O) groups is 2. The second kappa shape index (κ2) is 9.65. The minimum atomic E-state index is -4.26. The molecule has 10 heteroatoms. The fraction of sp³-hybridized carbons (Fsp3) is 0.379. The first-order valence-corrected chi connectivity index (χ1v) is 15.1. The van der Waals surface area contributed by atoms with Crippen LogP contribution < -0.4 is 9.50 Å². The van der Waals surface area contributed by atoms with E-state index in [1.54, 1.807) is 0 Å². The lowest BCUT2D eigenvalue weighted by atomic mass is 9.64. The number of benzene rings is 2. The van der Waals surface area contributed by atoms with Gasteiger partial charge in [-0.2, -0.15) is 8.42 Å². The Labute approximate surface area is 243 Å². The fourth-order valence-corrected chi connectivity index (χ4v) is 7.57. The molecule has 0 aromatic heterocycles. The SMILES string of the molecule is CC1(C)CC(=O)C2=C(C1)NC1=C(C(=O)CC(C)(C)C1)C2c1cc(Cl)c(OS(=O)(=O)c2ccc(Cl)cc2)c(Cl)c1. The molecular weight excluding hydrogens is 581 g/mol. The molecule has 0 spiro atoms. The van der Waals surface area contributed by atoms with Crippen molar-refractivity contribution in [3.63, 3.8) is 0 Å². The number of allylic oxidation sites excluding steroid dienone is 4. The first kappa shape index (κ1) is 28.2. The summed E-state index contributed by atoms with van der Waals surface area (Å²) in [6, 6.07) is 8.57. The molecule has 5 rings (SSSR count). The minimum absolute atomic E-state index is 0.0409. The van der Waals surface area contributed by atoms with Crippen molar-refractivity contribution in [3.8, 4) is 5.75 Å². The molecule has 0 radical (unpaired) electrons. The predicted molar refractivity (Wildman–Crippen MR) is 152 cm³/mol. The summed E-state index contributed by atoms with van der Waals surface area (Å²) in [4.78, 5) is 26.9. The molecular formula is C29H28Cl3NO5S. The number of rotatable bonds is 4. The highest BCUT2D eigenvalue weighted by Crippen LogP contribution is 2.52. The summed E-state index contributed by atoms with van der Waals surface area (Å²) < 4.78 is 31.1. The van der Waals surface area contributed by atoms with Gasteiger partial charge in [-0.1, -0.05) is 62.5 Å². The largest absolute Gasteiger partial charge is 0.376 e. The van der Waals surface area contributed by atoms with Gasteiger partial charge < -0.3 is 9.50 Å². The molecule has 2 aromatic carbocycles. The summed E-state index contributed by atoms with van der Waals surface area (Å²) in [7, 11) is -4.26. The average molecular weight is 609 g/mol. The molecule has 2 aliphatic carbocycles. The van der Waals surface area contributed by atoms with Crippen LogP contribution in [0.1, 0.15) is 64.9 Å². The highest BCUT2D eigenvalue weighted by molar-refractivity contribution is 7.87. The maximum Gasteiger partial charge on any atom is 0.339 e. The quantitative estimate of drug-likeness (QED) is 0.364. The first-order chi connectivity index (χ1) is 18.1. The Balaban J connectivity index is 1.61. The van der Waals surface area contributed by atoms with Crippen LogP contribution in [0.5, 0.6) is 5.75 Å². The monoisotopic (exact) mass is 607 g/mol. The lowest BCUT2D eigenvalue weighted by Crippen LogP contribution is -2.42. The molecule has 1 N–H and O–H groups in total. The molecule has 0 atom stereocenters. The van der Waals surface area contributed by atoms with Crippen LogP contribution in [0.2, 0.25) is 15.1 Å². The van der Waals surface area contributed by atoms with E-state index in [4.69, 9.17) is 39.0 Å². The molecule has 2 aromatic rings. The summed E-state index contributed by atoms with van der Waals surface area (Å²) in [5.74, 6) is -0.983. The van der Waals surface area contributed by atoms with E-state index in [1.165, 1.54) is 36.4 Å². The number of halogens is 3. The molecule has 3 aliphatic rings. The Morgan fingerprint density at radius 3 is 1.72 bits per heavy atom. The third-order valence-electron chi connectivity index (χ3n) is 7.37. The van der Waals surface area contributed by atoms with Crippen molar-refractivity contribution in [2.24, 2.45) is 10.8 Å². The van der Waals surface area contributed by atoms with Crippen LogP contribution in [-0.4, -0.2) is 20.0 Å². The van der Waals surface area contributed by atoms with Gasteiger partial charge in [0, 0.05) is 46.3 Å². The Hall–Kier alpha value is -2.32. The van der Waals surface area contributed by atoms with Gasteiger partial charge in [0.2, 0.25) is 0 Å². The second-order valence-corrected chi connectivity index (χ2v) is 14.8. The molecule has 39 heavy (non-hydrogen) atoms. The maximum atomic E-state index is 13.5. The van der Waals surface area contributed by atoms with Crippen LogP contribution in [0.25, 0.3) is 0 Å². The summed E-state index contributed by atoms with van der Waals surface area (Å²) in [6.45, 7) is 8.19. The number of nitrogens with one attached hydrogen (secondary N) is 1. The van der Waals surface area contributed by atoms with Crippen LogP contribution >= 0.6 is 34.8 Å². The molecule has 0 amide bonds. The van der Waals surface area contributed by atoms with Crippen molar-refractivity contribution in [1.82, 2.24) is 5.32 Å². The molecule has 1 heterocycles. The van der Waals surface area contributed by atoms with Crippen molar-refractivity contribution in [3.05, 3.63) is 79.6 Å². The maximum absolute atomic E-state index is 13.5. The van der Waals surface area contributed by atoms with E-state index in [1.807, 2.05) is 27.7 Å². The van der Waals surface area contributed by atoms with E-state index in [-0.39, 0.29) is 43.1 Å². The van der Waals surface area contributed by atoms with Gasteiger partial charge in [-0.15, -0.1) is 0 Å². The smallest absolute Gasteiger partial charge is 0.339 e. The van der Waals surface area contributed by atoms with Crippen LogP contribution in [0.4, 0.5) is 0 Å². The topological polar surface area (TPSA) is 89.5 Å². The third-order valence-corrected chi connectivity index (χ3v) is 9.42. The first-order valence-electron chi connectivity index (χ1n) is 12.6. The standard InChI is InChI=1S/C29H28Cl3NO5S/c1-28(2)11-20-25(22(34)13-28)24(26-21(33-20)12-29(3,4)14-23(26)35)15-9-18(31)27(19(32)10-15)38-39(36,37)17-7-5-16(30)6-8-17/h5-10,24,33H,11-14H2,1-4H3. The number of ketones is 2. The Bertz CT molecular complexity index is 1510. The van der Waals surface area contributed by atoms with Gasteiger partial charge >= 0.3 is 10.1 Å². The second-order valence-electron chi connectivity index (χ2n) is 12.0. The summed E-state index contributed by atoms with van der Waals surface area (Å²) in [5, 5.41) is 3.73. The van der Waals surface area contributed by atoms with Gasteiger partial charge in [-0.25, -0.2) is 0 Å². The summed E-state index contributed by atoms with van der Waals surface area (Å²) >= 11 is 19.0. The van der Waals surface area contributed by atoms with Crippen molar-refractivity contribution in [1.29, 1.82) is 0 Å². The van der Waals surface area contributed by atoms with Gasteiger partial charge in [0.15, 0.2) is 17.3 Å². The number of hydrogen-bond acceptors (Lipinski definition) is 6. The Morgan fingerprint density at radius 1 is 0.795 bits per heavy atom. The number of hydrogen-bond donors (Lipinski definition) is 1. The van der Waals surface area contributed by atoms with E-state index in [0.717, 1.165) is 11.4 Å². The molecule has 206 valence electrons. The van der Waals surface area contributed by atoms with E-state index >= 15 is 0 Å². The van der Waals surface area contributed by atoms with Crippen molar-refractivity contribution in [2.75, 3.05) is 0 Å². The zero-order valence-electron chi connectivity index (χ0n) is 22.0. The molecule has 0 bridgehead atoms. The predicted octanol–water partition coefficient (Wildman–Crippen LogP) is 7.39. The van der Waals surface area contributed by atoms with Gasteiger partial charge in [-0.05, 0) is 65.6 Å². The molecule has 0 fully saturated rings. The van der Waals surface area contributed by atoms with E-state index in [0.29, 0.717) is 47.4 Å². The van der Waals surface area contributed by atoms with Gasteiger partial charge in [0.1, 0.15) is 4.90 Å². The zero-order chi connectivity index (χ0) is 28.5. The molecule has 6 nitrogen and oxygen atoms in total. The lowest BCUT2D eigenvalue weighted by Gasteiger charge is -2.44. The molecule has 1 aliphatic heterocycles. The average Bonchev–Trinajstić information content (AvgIpc) is 2.78. The Morgan fingerprint density at radius 2 is 1.26 bits per heavy atom. The number of carbonyl (C=O) groups excluding carboxylic acids is 2. The summed E-state index contributed by atoms with van der Waals surface area (Å²) in [6.07, 6.45) is 1.98. The molecule has 0 unspecified atom stereocenters. The van der Waals surface area contributed by atoms with Gasteiger partial charge in [0.05, 0.1) is 10.0 Å². The summed E-state index contributed by atoms with van der Waals surface area (Å²) in [5.41, 5.74) is 2.76. The molecule has 0 saturated heterocycles. The van der Waals surface area contributed by atoms with Crippen LogP contribution in [0, 0.1) is 10.8 Å².